The first-order valence-corrected chi connectivity index (χ1v) is 3.84. The second-order valence-corrected chi connectivity index (χ2v) is 2.99. The van der Waals surface area contributed by atoms with Gasteiger partial charge in [0.25, 0.3) is 0 Å². The van der Waals surface area contributed by atoms with E-state index in [9.17, 15) is 13.2 Å². The van der Waals surface area contributed by atoms with E-state index in [1.54, 1.807) is 0 Å². The minimum atomic E-state index is -4.19. The largest absolute Gasteiger partial charge is 0.393 e. The van der Waals surface area contributed by atoms with Crippen molar-refractivity contribution in [3.8, 4) is 0 Å². The number of alkyl halides is 3. The van der Waals surface area contributed by atoms with Crippen molar-refractivity contribution in [2.45, 2.75) is 37.6 Å². The number of ether oxygens (including phenoxy) is 1. The molecule has 0 aromatic heterocycles. The monoisotopic (exact) mass is 184 g/mol. The summed E-state index contributed by atoms with van der Waals surface area (Å²) in [6.07, 6.45) is -6.10. The van der Waals surface area contributed by atoms with Crippen LogP contribution in [0.2, 0.25) is 0 Å². The topological polar surface area (TPSA) is 29.5 Å². The van der Waals surface area contributed by atoms with Crippen LogP contribution in [0, 0.1) is 0 Å². The van der Waals surface area contributed by atoms with Gasteiger partial charge in [0.05, 0.1) is 18.6 Å². The Bertz CT molecular complexity index is 146. The third kappa shape index (κ3) is 3.40. The van der Waals surface area contributed by atoms with Gasteiger partial charge in [0, 0.05) is 6.61 Å². The Morgan fingerprint density at radius 1 is 1.42 bits per heavy atom. The van der Waals surface area contributed by atoms with Gasteiger partial charge in [-0.25, -0.2) is 0 Å². The van der Waals surface area contributed by atoms with Crippen LogP contribution < -0.4 is 0 Å². The van der Waals surface area contributed by atoms with Gasteiger partial charge in [-0.2, -0.15) is 13.2 Å². The van der Waals surface area contributed by atoms with E-state index in [4.69, 9.17) is 9.84 Å². The van der Waals surface area contributed by atoms with E-state index in [0.717, 1.165) is 0 Å². The lowest BCUT2D eigenvalue weighted by Gasteiger charge is -2.26. The van der Waals surface area contributed by atoms with Crippen LogP contribution in [0.15, 0.2) is 0 Å². The van der Waals surface area contributed by atoms with Gasteiger partial charge in [0.15, 0.2) is 0 Å². The van der Waals surface area contributed by atoms with Crippen LogP contribution in [0.4, 0.5) is 13.2 Å². The summed E-state index contributed by atoms with van der Waals surface area (Å²) >= 11 is 0. The molecule has 1 N–H and O–H groups in total. The molecular formula is C7H11F3O2. The second kappa shape index (κ2) is 3.62. The Hall–Kier alpha value is -0.290. The molecule has 0 aliphatic carbocycles. The lowest BCUT2D eigenvalue weighted by Crippen LogP contribution is -2.32. The highest BCUT2D eigenvalue weighted by Gasteiger charge is 2.34. The number of aliphatic hydroxyl groups is 1. The number of rotatable bonds is 1. The van der Waals surface area contributed by atoms with E-state index in [1.807, 2.05) is 0 Å². The zero-order valence-electron chi connectivity index (χ0n) is 6.47. The molecule has 0 aromatic rings. The third-order valence-electron chi connectivity index (χ3n) is 1.80. The van der Waals surface area contributed by atoms with Gasteiger partial charge in [0.1, 0.15) is 0 Å². The average Bonchev–Trinajstić information content (AvgIpc) is 1.82. The van der Waals surface area contributed by atoms with Crippen molar-refractivity contribution >= 4 is 0 Å². The first kappa shape index (κ1) is 9.80. The normalized spacial score (nSPS) is 32.0. The highest BCUT2D eigenvalue weighted by molar-refractivity contribution is 4.72. The minimum absolute atomic E-state index is 0.0967. The maximum absolute atomic E-state index is 11.8. The average molecular weight is 184 g/mol. The molecule has 0 amide bonds. The van der Waals surface area contributed by atoms with Crippen LogP contribution in [0.5, 0.6) is 0 Å². The molecule has 12 heavy (non-hydrogen) atoms. The van der Waals surface area contributed by atoms with Crippen molar-refractivity contribution < 1.29 is 23.0 Å². The quantitative estimate of drug-likeness (QED) is 0.668. The minimum Gasteiger partial charge on any atom is -0.393 e. The fourth-order valence-corrected chi connectivity index (χ4v) is 1.26. The molecule has 5 heteroatoms. The second-order valence-electron chi connectivity index (χ2n) is 2.99. The van der Waals surface area contributed by atoms with E-state index in [1.165, 1.54) is 0 Å². The van der Waals surface area contributed by atoms with Crippen LogP contribution in [-0.4, -0.2) is 30.1 Å². The molecule has 72 valence electrons. The molecule has 1 heterocycles. The van der Waals surface area contributed by atoms with Crippen molar-refractivity contribution in [3.05, 3.63) is 0 Å². The SMILES string of the molecule is OC1CCOC(CC(F)(F)F)C1. The number of hydrogen-bond donors (Lipinski definition) is 1. The van der Waals surface area contributed by atoms with Gasteiger partial charge in [-0.1, -0.05) is 0 Å². The van der Waals surface area contributed by atoms with Crippen LogP contribution in [-0.2, 0) is 4.74 Å². The molecular weight excluding hydrogens is 173 g/mol. The van der Waals surface area contributed by atoms with Gasteiger partial charge >= 0.3 is 6.18 Å². The van der Waals surface area contributed by atoms with Crippen LogP contribution >= 0.6 is 0 Å². The van der Waals surface area contributed by atoms with Gasteiger partial charge < -0.3 is 9.84 Å². The lowest BCUT2D eigenvalue weighted by atomic mass is 10.0. The van der Waals surface area contributed by atoms with Crippen molar-refractivity contribution in [2.24, 2.45) is 0 Å². The van der Waals surface area contributed by atoms with Gasteiger partial charge in [-0.3, -0.25) is 0 Å². The van der Waals surface area contributed by atoms with Gasteiger partial charge in [-0.15, -0.1) is 0 Å². The molecule has 1 rings (SSSR count). The molecule has 1 aliphatic rings. The summed E-state index contributed by atoms with van der Waals surface area (Å²) in [5.74, 6) is 0. The predicted octanol–water partition coefficient (Wildman–Crippen LogP) is 1.48. The van der Waals surface area contributed by atoms with Crippen LogP contribution in [0.25, 0.3) is 0 Å². The fraction of sp³-hybridized carbons (Fsp3) is 1.00. The maximum Gasteiger partial charge on any atom is 0.391 e. The Kier molecular flexibility index (Phi) is 2.95. The van der Waals surface area contributed by atoms with Crippen molar-refractivity contribution in [1.82, 2.24) is 0 Å². The number of halogens is 3. The molecule has 1 fully saturated rings. The molecule has 0 aromatic carbocycles. The van der Waals surface area contributed by atoms with Crippen molar-refractivity contribution in [1.29, 1.82) is 0 Å². The summed E-state index contributed by atoms with van der Waals surface area (Å²) in [5.41, 5.74) is 0. The molecule has 2 unspecified atom stereocenters. The van der Waals surface area contributed by atoms with Crippen LogP contribution in [0.1, 0.15) is 19.3 Å². The van der Waals surface area contributed by atoms with Crippen molar-refractivity contribution in [3.63, 3.8) is 0 Å². The Morgan fingerprint density at radius 2 is 2.08 bits per heavy atom. The molecule has 0 radical (unpaired) electrons. The molecule has 0 spiro atoms. The summed E-state index contributed by atoms with van der Waals surface area (Å²) in [6.45, 7) is 0.224. The smallest absolute Gasteiger partial charge is 0.391 e. The fourth-order valence-electron chi connectivity index (χ4n) is 1.26. The van der Waals surface area contributed by atoms with E-state index in [2.05, 4.69) is 0 Å². The Morgan fingerprint density at radius 3 is 2.58 bits per heavy atom. The molecule has 1 saturated heterocycles. The number of hydrogen-bond acceptors (Lipinski definition) is 2. The highest BCUT2D eigenvalue weighted by Crippen LogP contribution is 2.27. The zero-order chi connectivity index (χ0) is 9.19. The summed E-state index contributed by atoms with van der Waals surface area (Å²) in [6, 6.07) is 0. The summed E-state index contributed by atoms with van der Waals surface area (Å²) in [4.78, 5) is 0. The Balaban J connectivity index is 2.32. The number of aliphatic hydroxyl groups excluding tert-OH is 1. The summed E-state index contributed by atoms with van der Waals surface area (Å²) in [7, 11) is 0. The molecule has 0 saturated carbocycles. The van der Waals surface area contributed by atoms with E-state index >= 15 is 0 Å². The van der Waals surface area contributed by atoms with Gasteiger partial charge in [0.2, 0.25) is 0 Å². The molecule has 2 nitrogen and oxygen atoms in total. The van der Waals surface area contributed by atoms with E-state index < -0.39 is 24.8 Å². The Labute approximate surface area is 68.3 Å². The molecule has 1 aliphatic heterocycles. The van der Waals surface area contributed by atoms with Gasteiger partial charge in [-0.05, 0) is 12.8 Å². The molecule has 0 bridgehead atoms. The summed E-state index contributed by atoms with van der Waals surface area (Å²) < 4.78 is 40.3. The first-order valence-electron chi connectivity index (χ1n) is 3.84. The predicted molar refractivity (Wildman–Crippen MR) is 35.7 cm³/mol. The molecule has 2 atom stereocenters. The third-order valence-corrected chi connectivity index (χ3v) is 1.80. The standard InChI is InChI=1S/C7H11F3O2/c8-7(9,10)4-6-3-5(11)1-2-12-6/h5-6,11H,1-4H2. The first-order chi connectivity index (χ1) is 5.47. The lowest BCUT2D eigenvalue weighted by molar-refractivity contribution is -0.172. The zero-order valence-corrected chi connectivity index (χ0v) is 6.47. The maximum atomic E-state index is 11.8. The summed E-state index contributed by atoms with van der Waals surface area (Å²) in [5, 5.41) is 9.03. The van der Waals surface area contributed by atoms with E-state index in [0.29, 0.717) is 6.42 Å². The highest BCUT2D eigenvalue weighted by atomic mass is 19.4. The van der Waals surface area contributed by atoms with Crippen LogP contribution in [0.3, 0.4) is 0 Å². The van der Waals surface area contributed by atoms with Crippen molar-refractivity contribution in [2.75, 3.05) is 6.61 Å². The van der Waals surface area contributed by atoms with E-state index in [-0.39, 0.29) is 13.0 Å².